The summed E-state index contributed by atoms with van der Waals surface area (Å²) >= 11 is 0. The highest BCUT2D eigenvalue weighted by molar-refractivity contribution is 5.97. The number of ketones is 1. The maximum atomic E-state index is 12.3. The first-order valence-electron chi connectivity index (χ1n) is 9.05. The molecule has 1 N–H and O–H groups in total. The van der Waals surface area contributed by atoms with Crippen molar-refractivity contribution in [3.8, 4) is 0 Å². The van der Waals surface area contributed by atoms with Crippen molar-refractivity contribution < 1.29 is 14.5 Å². The molecule has 2 aromatic rings. The fourth-order valence-electron chi connectivity index (χ4n) is 3.17. The lowest BCUT2D eigenvalue weighted by atomic mass is 10.1. The average molecular weight is 382 g/mol. The van der Waals surface area contributed by atoms with E-state index in [4.69, 9.17) is 0 Å². The third kappa shape index (κ3) is 4.92. The van der Waals surface area contributed by atoms with Gasteiger partial charge in [0.25, 0.3) is 5.69 Å². The Bertz CT molecular complexity index is 874. The number of piperazine rings is 1. The molecule has 1 aliphatic heterocycles. The lowest BCUT2D eigenvalue weighted by Gasteiger charge is -2.35. The summed E-state index contributed by atoms with van der Waals surface area (Å²) in [5, 5.41) is 13.6. The fraction of sp³-hybridized carbons (Fsp3) is 0.300. The largest absolute Gasteiger partial charge is 0.369 e. The summed E-state index contributed by atoms with van der Waals surface area (Å²) in [6.45, 7) is 4.69. The quantitative estimate of drug-likeness (QED) is 0.469. The van der Waals surface area contributed by atoms with Gasteiger partial charge in [0.05, 0.1) is 11.5 Å². The highest BCUT2D eigenvalue weighted by atomic mass is 16.6. The molecule has 0 bridgehead atoms. The van der Waals surface area contributed by atoms with Gasteiger partial charge in [0.2, 0.25) is 5.91 Å². The average Bonchev–Trinajstić information content (AvgIpc) is 2.68. The van der Waals surface area contributed by atoms with Gasteiger partial charge in [-0.2, -0.15) is 0 Å². The third-order valence-electron chi connectivity index (χ3n) is 4.72. The second kappa shape index (κ2) is 8.62. The van der Waals surface area contributed by atoms with Crippen LogP contribution in [0.15, 0.2) is 48.5 Å². The van der Waals surface area contributed by atoms with Crippen molar-refractivity contribution in [1.29, 1.82) is 0 Å². The zero-order chi connectivity index (χ0) is 20.1. The van der Waals surface area contributed by atoms with Crippen molar-refractivity contribution in [1.82, 2.24) is 4.90 Å². The maximum absolute atomic E-state index is 12.3. The van der Waals surface area contributed by atoms with Crippen LogP contribution in [-0.4, -0.2) is 54.2 Å². The van der Waals surface area contributed by atoms with E-state index < -0.39 is 4.92 Å². The normalized spacial score (nSPS) is 14.5. The number of hydrogen-bond donors (Lipinski definition) is 1. The predicted octanol–water partition coefficient (Wildman–Crippen LogP) is 2.56. The third-order valence-corrected chi connectivity index (χ3v) is 4.72. The Morgan fingerprint density at radius 1 is 1.07 bits per heavy atom. The van der Waals surface area contributed by atoms with E-state index in [0.29, 0.717) is 11.3 Å². The number of carbonyl (C=O) groups is 2. The van der Waals surface area contributed by atoms with Crippen LogP contribution in [0.3, 0.4) is 0 Å². The number of nitro benzene ring substituents is 1. The van der Waals surface area contributed by atoms with Gasteiger partial charge in [0, 0.05) is 55.2 Å². The number of nitro groups is 1. The Hall–Kier alpha value is -3.26. The molecular weight excluding hydrogens is 360 g/mol. The molecule has 0 unspecified atom stereocenters. The van der Waals surface area contributed by atoms with Crippen LogP contribution in [-0.2, 0) is 4.79 Å². The smallest absolute Gasteiger partial charge is 0.269 e. The number of anilines is 2. The van der Waals surface area contributed by atoms with E-state index in [2.05, 4.69) is 15.1 Å². The molecule has 1 heterocycles. The Labute approximate surface area is 162 Å². The number of nitrogens with one attached hydrogen (secondary N) is 1. The van der Waals surface area contributed by atoms with E-state index >= 15 is 0 Å². The molecular formula is C20H22N4O4. The van der Waals surface area contributed by atoms with Crippen molar-refractivity contribution in [3.05, 3.63) is 64.2 Å². The summed E-state index contributed by atoms with van der Waals surface area (Å²) in [7, 11) is 0. The first-order valence-corrected chi connectivity index (χ1v) is 9.05. The monoisotopic (exact) mass is 382 g/mol. The Balaban J connectivity index is 1.50. The summed E-state index contributed by atoms with van der Waals surface area (Å²) in [5.74, 6) is -0.164. The minimum Gasteiger partial charge on any atom is -0.369 e. The van der Waals surface area contributed by atoms with Crippen molar-refractivity contribution in [2.75, 3.05) is 42.9 Å². The number of hydrogen-bond acceptors (Lipinski definition) is 6. The van der Waals surface area contributed by atoms with E-state index in [1.165, 1.54) is 19.1 Å². The van der Waals surface area contributed by atoms with Crippen molar-refractivity contribution in [3.63, 3.8) is 0 Å². The highest BCUT2D eigenvalue weighted by Crippen LogP contribution is 2.20. The number of carbonyl (C=O) groups excluding carboxylic acids is 2. The number of benzene rings is 2. The molecule has 1 aliphatic rings. The van der Waals surface area contributed by atoms with Gasteiger partial charge in [-0.15, -0.1) is 0 Å². The van der Waals surface area contributed by atoms with E-state index in [1.807, 2.05) is 0 Å². The van der Waals surface area contributed by atoms with Gasteiger partial charge in [-0.3, -0.25) is 24.6 Å². The van der Waals surface area contributed by atoms with E-state index in [-0.39, 0.29) is 23.9 Å². The molecule has 0 aliphatic carbocycles. The van der Waals surface area contributed by atoms with Gasteiger partial charge in [-0.1, -0.05) is 12.1 Å². The SMILES string of the molecule is CC(=O)c1cccc(NC(=O)CN2CCN(c3ccc([N+](=O)[O-])cc3)CC2)c1. The van der Waals surface area contributed by atoms with Gasteiger partial charge < -0.3 is 10.2 Å². The molecule has 0 saturated carbocycles. The Morgan fingerprint density at radius 2 is 1.75 bits per heavy atom. The molecule has 1 saturated heterocycles. The summed E-state index contributed by atoms with van der Waals surface area (Å²) in [6, 6.07) is 13.4. The zero-order valence-electron chi connectivity index (χ0n) is 15.6. The van der Waals surface area contributed by atoms with Crippen LogP contribution in [0.5, 0.6) is 0 Å². The molecule has 8 heteroatoms. The Morgan fingerprint density at radius 3 is 2.36 bits per heavy atom. The molecule has 2 aromatic carbocycles. The molecule has 3 rings (SSSR count). The molecule has 8 nitrogen and oxygen atoms in total. The number of nitrogens with zero attached hydrogens (tertiary/aromatic N) is 3. The fourth-order valence-corrected chi connectivity index (χ4v) is 3.17. The molecule has 0 radical (unpaired) electrons. The minimum absolute atomic E-state index is 0.0431. The molecule has 146 valence electrons. The van der Waals surface area contributed by atoms with Gasteiger partial charge >= 0.3 is 0 Å². The molecule has 28 heavy (non-hydrogen) atoms. The lowest BCUT2D eigenvalue weighted by Crippen LogP contribution is -2.48. The summed E-state index contributed by atoms with van der Waals surface area (Å²) in [6.07, 6.45) is 0. The number of amides is 1. The standard InChI is InChI=1S/C20H22N4O4/c1-15(25)16-3-2-4-17(13-16)21-20(26)14-22-9-11-23(12-10-22)18-5-7-19(8-6-18)24(27)28/h2-8,13H,9-12,14H2,1H3,(H,21,26). The van der Waals surface area contributed by atoms with Crippen molar-refractivity contribution >= 4 is 28.8 Å². The second-order valence-corrected chi connectivity index (χ2v) is 6.72. The zero-order valence-corrected chi connectivity index (χ0v) is 15.6. The van der Waals surface area contributed by atoms with Crippen LogP contribution in [0.2, 0.25) is 0 Å². The topological polar surface area (TPSA) is 95.8 Å². The van der Waals surface area contributed by atoms with Gasteiger partial charge in [-0.25, -0.2) is 0 Å². The minimum atomic E-state index is -0.410. The molecule has 0 atom stereocenters. The van der Waals surface area contributed by atoms with Crippen LogP contribution < -0.4 is 10.2 Å². The predicted molar refractivity (Wildman–Crippen MR) is 107 cm³/mol. The number of rotatable bonds is 6. The van der Waals surface area contributed by atoms with Crippen LogP contribution in [0.25, 0.3) is 0 Å². The van der Waals surface area contributed by atoms with Crippen molar-refractivity contribution in [2.45, 2.75) is 6.92 Å². The Kier molecular flexibility index (Phi) is 6.00. The van der Waals surface area contributed by atoms with Crippen LogP contribution in [0, 0.1) is 10.1 Å². The summed E-state index contributed by atoms with van der Waals surface area (Å²) < 4.78 is 0. The maximum Gasteiger partial charge on any atom is 0.269 e. The second-order valence-electron chi connectivity index (χ2n) is 6.72. The van der Waals surface area contributed by atoms with Crippen LogP contribution >= 0.6 is 0 Å². The van der Waals surface area contributed by atoms with Crippen LogP contribution in [0.4, 0.5) is 17.1 Å². The van der Waals surface area contributed by atoms with Gasteiger partial charge in [0.15, 0.2) is 5.78 Å². The summed E-state index contributed by atoms with van der Waals surface area (Å²) in [5.41, 5.74) is 2.19. The lowest BCUT2D eigenvalue weighted by molar-refractivity contribution is -0.384. The molecule has 1 amide bonds. The van der Waals surface area contributed by atoms with Gasteiger partial charge in [0.1, 0.15) is 0 Å². The van der Waals surface area contributed by atoms with Crippen molar-refractivity contribution in [2.24, 2.45) is 0 Å². The molecule has 0 spiro atoms. The number of non-ortho nitro benzene ring substituents is 1. The van der Waals surface area contributed by atoms with E-state index in [9.17, 15) is 19.7 Å². The molecule has 1 fully saturated rings. The first-order chi connectivity index (χ1) is 13.4. The highest BCUT2D eigenvalue weighted by Gasteiger charge is 2.20. The first kappa shape index (κ1) is 19.5. The molecule has 0 aromatic heterocycles. The number of Topliss-reactive ketones (excluding diaryl/α,β-unsaturated/α-hetero) is 1. The summed E-state index contributed by atoms with van der Waals surface area (Å²) in [4.78, 5) is 38.3. The van der Waals surface area contributed by atoms with E-state index in [0.717, 1.165) is 31.9 Å². The van der Waals surface area contributed by atoms with Crippen LogP contribution in [0.1, 0.15) is 17.3 Å². The van der Waals surface area contributed by atoms with Gasteiger partial charge in [-0.05, 0) is 31.2 Å². The van der Waals surface area contributed by atoms with E-state index in [1.54, 1.807) is 36.4 Å².